The molecular weight excluding hydrogens is 332 g/mol. The molecule has 1 aromatic heterocycles. The summed E-state index contributed by atoms with van der Waals surface area (Å²) >= 11 is 1.80. The third-order valence-corrected chi connectivity index (χ3v) is 5.67. The van der Waals surface area contributed by atoms with Crippen LogP contribution in [-0.2, 0) is 4.74 Å². The van der Waals surface area contributed by atoms with Crippen molar-refractivity contribution < 1.29 is 4.74 Å². The number of nitrogens with zero attached hydrogens (tertiary/aromatic N) is 2. The van der Waals surface area contributed by atoms with E-state index in [2.05, 4.69) is 46.7 Å². The van der Waals surface area contributed by atoms with E-state index in [1.165, 1.54) is 15.4 Å². The average Bonchev–Trinajstić information content (AvgIpc) is 2.91. The van der Waals surface area contributed by atoms with Gasteiger partial charge in [-0.1, -0.05) is 12.1 Å². The minimum absolute atomic E-state index is 0.436. The summed E-state index contributed by atoms with van der Waals surface area (Å²) in [6, 6.07) is 11.0. The second-order valence-electron chi connectivity index (χ2n) is 6.56. The van der Waals surface area contributed by atoms with Crippen molar-refractivity contribution in [1.82, 2.24) is 10.2 Å². The van der Waals surface area contributed by atoms with E-state index >= 15 is 0 Å². The molecule has 3 heterocycles. The Morgan fingerprint density at radius 1 is 1.36 bits per heavy atom. The number of ether oxygens (including phenoxy) is 1. The number of benzene rings is 1. The van der Waals surface area contributed by atoms with Crippen LogP contribution in [0.3, 0.4) is 0 Å². The third-order valence-electron chi connectivity index (χ3n) is 4.70. The molecule has 1 atom stereocenters. The third kappa shape index (κ3) is 3.42. The summed E-state index contributed by atoms with van der Waals surface area (Å²) in [5, 5.41) is 8.37. The number of amidine groups is 1. The minimum atomic E-state index is 0.436. The molecule has 132 valence electrons. The summed E-state index contributed by atoms with van der Waals surface area (Å²) in [4.78, 5) is 8.78. The first-order valence-electron chi connectivity index (χ1n) is 8.77. The van der Waals surface area contributed by atoms with Crippen molar-refractivity contribution in [2.24, 2.45) is 4.99 Å². The molecule has 5 nitrogen and oxygen atoms in total. The molecular formula is C19H24N4OS. The van der Waals surface area contributed by atoms with Gasteiger partial charge in [0.1, 0.15) is 10.8 Å². The van der Waals surface area contributed by atoms with Crippen molar-refractivity contribution in [3.63, 3.8) is 0 Å². The van der Waals surface area contributed by atoms with Crippen molar-refractivity contribution >= 4 is 33.5 Å². The van der Waals surface area contributed by atoms with Crippen LogP contribution in [0.5, 0.6) is 0 Å². The first kappa shape index (κ1) is 16.6. The summed E-state index contributed by atoms with van der Waals surface area (Å²) in [6.07, 6.45) is 1.02. The molecule has 0 bridgehead atoms. The highest BCUT2D eigenvalue weighted by atomic mass is 32.1. The van der Waals surface area contributed by atoms with Crippen LogP contribution < -0.4 is 10.6 Å². The van der Waals surface area contributed by atoms with Crippen LogP contribution in [0.2, 0.25) is 0 Å². The normalized spacial score (nSPS) is 19.5. The van der Waals surface area contributed by atoms with Crippen LogP contribution in [0.15, 0.2) is 35.3 Å². The van der Waals surface area contributed by atoms with Gasteiger partial charge in [0.15, 0.2) is 0 Å². The van der Waals surface area contributed by atoms with Gasteiger partial charge in [-0.25, -0.2) is 4.99 Å². The van der Waals surface area contributed by atoms with Crippen molar-refractivity contribution in [3.8, 4) is 0 Å². The molecule has 0 saturated carbocycles. The van der Waals surface area contributed by atoms with Crippen LogP contribution in [-0.4, -0.2) is 50.1 Å². The molecule has 2 aliphatic heterocycles. The molecule has 1 saturated heterocycles. The predicted octanol–water partition coefficient (Wildman–Crippen LogP) is 3.50. The zero-order valence-electron chi connectivity index (χ0n) is 14.7. The van der Waals surface area contributed by atoms with E-state index in [0.717, 1.165) is 49.9 Å². The smallest absolute Gasteiger partial charge is 0.139 e. The number of aliphatic imine (C=N–C) groups is 1. The first-order chi connectivity index (χ1) is 12.2. The van der Waals surface area contributed by atoms with Crippen LogP contribution in [0.1, 0.15) is 16.9 Å². The molecule has 6 heteroatoms. The number of nitrogens with one attached hydrogen (secondary N) is 2. The Hall–Kier alpha value is -1.89. The van der Waals surface area contributed by atoms with Gasteiger partial charge >= 0.3 is 0 Å². The summed E-state index contributed by atoms with van der Waals surface area (Å²) in [5.74, 6) is 1.08. The van der Waals surface area contributed by atoms with Gasteiger partial charge in [-0.2, -0.15) is 0 Å². The van der Waals surface area contributed by atoms with Gasteiger partial charge < -0.3 is 20.3 Å². The zero-order valence-corrected chi connectivity index (χ0v) is 15.5. The Kier molecular flexibility index (Phi) is 4.74. The van der Waals surface area contributed by atoms with Gasteiger partial charge in [-0.3, -0.25) is 0 Å². The van der Waals surface area contributed by atoms with Gasteiger partial charge in [-0.15, -0.1) is 11.3 Å². The maximum absolute atomic E-state index is 5.25. The standard InChI is InChI=1S/C19H24N4OS/c1-13-11-15-18(23-9-8-20-14(12-23)7-10-24-2)21-16-5-3-4-6-17(16)22-19(15)25-13/h3-6,11,14,20,22H,7-10,12H2,1-2H3/t14-/m0/s1. The predicted molar refractivity (Wildman–Crippen MR) is 105 cm³/mol. The fraction of sp³-hybridized carbons (Fsp3) is 0.421. The van der Waals surface area contributed by atoms with Crippen molar-refractivity contribution in [1.29, 1.82) is 0 Å². The lowest BCUT2D eigenvalue weighted by molar-refractivity contribution is 0.168. The lowest BCUT2D eigenvalue weighted by Crippen LogP contribution is -2.53. The lowest BCUT2D eigenvalue weighted by atomic mass is 10.1. The number of aryl methyl sites for hydroxylation is 1. The molecule has 0 radical (unpaired) electrons. The maximum Gasteiger partial charge on any atom is 0.139 e. The van der Waals surface area contributed by atoms with Crippen LogP contribution in [0, 0.1) is 6.92 Å². The first-order valence-corrected chi connectivity index (χ1v) is 9.59. The Labute approximate surface area is 152 Å². The summed E-state index contributed by atoms with van der Waals surface area (Å²) < 4.78 is 5.25. The van der Waals surface area contributed by atoms with Crippen LogP contribution in [0.4, 0.5) is 16.4 Å². The molecule has 0 unspecified atom stereocenters. The number of fused-ring (bicyclic) bond motifs is 2. The van der Waals surface area contributed by atoms with Crippen molar-refractivity contribution in [3.05, 3.63) is 40.8 Å². The molecule has 1 fully saturated rings. The Morgan fingerprint density at radius 2 is 2.24 bits per heavy atom. The molecule has 25 heavy (non-hydrogen) atoms. The number of hydrogen-bond acceptors (Lipinski definition) is 6. The fourth-order valence-electron chi connectivity index (χ4n) is 3.46. The Balaban J connectivity index is 1.70. The van der Waals surface area contributed by atoms with Crippen LogP contribution >= 0.6 is 11.3 Å². The zero-order chi connectivity index (χ0) is 17.2. The minimum Gasteiger partial charge on any atom is -0.385 e. The largest absolute Gasteiger partial charge is 0.385 e. The highest BCUT2D eigenvalue weighted by Gasteiger charge is 2.27. The van der Waals surface area contributed by atoms with E-state index < -0.39 is 0 Å². The summed E-state index contributed by atoms with van der Waals surface area (Å²) in [7, 11) is 1.76. The number of thiophene rings is 1. The molecule has 2 aromatic rings. The summed E-state index contributed by atoms with van der Waals surface area (Å²) in [6.45, 7) is 5.84. The van der Waals surface area contributed by atoms with Crippen molar-refractivity contribution in [2.75, 3.05) is 38.7 Å². The molecule has 0 aliphatic carbocycles. The maximum atomic E-state index is 5.25. The van der Waals surface area contributed by atoms with Gasteiger partial charge in [-0.05, 0) is 31.5 Å². The lowest BCUT2D eigenvalue weighted by Gasteiger charge is -2.35. The van der Waals surface area contributed by atoms with Crippen molar-refractivity contribution in [2.45, 2.75) is 19.4 Å². The molecule has 0 amide bonds. The number of para-hydroxylation sites is 2. The van der Waals surface area contributed by atoms with E-state index in [4.69, 9.17) is 9.73 Å². The average molecular weight is 356 g/mol. The molecule has 1 aromatic carbocycles. The van der Waals surface area contributed by atoms with Gasteiger partial charge in [0.25, 0.3) is 0 Å². The summed E-state index contributed by atoms with van der Waals surface area (Å²) in [5.41, 5.74) is 3.29. The topological polar surface area (TPSA) is 48.9 Å². The molecule has 0 spiro atoms. The molecule has 2 N–H and O–H groups in total. The Morgan fingerprint density at radius 3 is 3.12 bits per heavy atom. The fourth-order valence-corrected chi connectivity index (χ4v) is 4.38. The second kappa shape index (κ2) is 7.15. The van der Waals surface area contributed by atoms with Gasteiger partial charge in [0.2, 0.25) is 0 Å². The SMILES string of the molecule is COCC[C@H]1CN(C2=Nc3ccccc3Nc3sc(C)cc32)CCN1. The number of piperazine rings is 1. The Bertz CT molecular complexity index is 785. The number of hydrogen-bond donors (Lipinski definition) is 2. The molecule has 4 rings (SSSR count). The quantitative estimate of drug-likeness (QED) is 0.884. The van der Waals surface area contributed by atoms with Gasteiger partial charge in [0.05, 0.1) is 16.9 Å². The monoisotopic (exact) mass is 356 g/mol. The van der Waals surface area contributed by atoms with Gasteiger partial charge in [0, 0.05) is 44.3 Å². The van der Waals surface area contributed by atoms with Crippen LogP contribution in [0.25, 0.3) is 0 Å². The highest BCUT2D eigenvalue weighted by Crippen LogP contribution is 2.39. The van der Waals surface area contributed by atoms with E-state index in [-0.39, 0.29) is 0 Å². The van der Waals surface area contributed by atoms with E-state index in [1.807, 2.05) is 6.07 Å². The number of rotatable bonds is 3. The van der Waals surface area contributed by atoms with E-state index in [0.29, 0.717) is 6.04 Å². The molecule has 2 aliphatic rings. The van der Waals surface area contributed by atoms with E-state index in [9.17, 15) is 0 Å². The second-order valence-corrected chi connectivity index (χ2v) is 7.81. The highest BCUT2D eigenvalue weighted by molar-refractivity contribution is 7.16. The van der Waals surface area contributed by atoms with E-state index in [1.54, 1.807) is 18.4 Å². The number of methoxy groups -OCH3 is 1. The number of anilines is 2.